The molecule has 0 saturated heterocycles. The van der Waals surface area contributed by atoms with Crippen LogP contribution in [0.25, 0.3) is 11.1 Å². The number of rotatable bonds is 3. The molecule has 0 unspecified atom stereocenters. The Balaban J connectivity index is 2.32. The second-order valence-electron chi connectivity index (χ2n) is 3.03. The third-order valence-electron chi connectivity index (χ3n) is 1.97. The Hall–Kier alpha value is -1.62. The monoisotopic (exact) mass is 192 g/mol. The Morgan fingerprint density at radius 2 is 2.36 bits per heavy atom. The molecule has 2 heterocycles. The normalized spacial score (nSPS) is 10.7. The topological polar surface area (TPSA) is 77.0 Å². The molecule has 0 fully saturated rings. The van der Waals surface area contributed by atoms with Crippen molar-refractivity contribution in [1.29, 1.82) is 0 Å². The van der Waals surface area contributed by atoms with Crippen molar-refractivity contribution < 1.29 is 4.52 Å². The molecule has 0 bridgehead atoms. The van der Waals surface area contributed by atoms with E-state index in [1.807, 2.05) is 19.1 Å². The highest BCUT2D eigenvalue weighted by Gasteiger charge is 2.05. The maximum absolute atomic E-state index is 5.37. The molecule has 0 aliphatic rings. The predicted molar refractivity (Wildman–Crippen MR) is 54.1 cm³/mol. The second kappa shape index (κ2) is 3.63. The molecule has 2 rings (SSSR count). The summed E-state index contributed by atoms with van der Waals surface area (Å²) in [6, 6.07) is 3.83. The summed E-state index contributed by atoms with van der Waals surface area (Å²) in [5.74, 6) is 0.763. The van der Waals surface area contributed by atoms with Gasteiger partial charge in [-0.05, 0) is 19.1 Å². The molecule has 0 radical (unpaired) electrons. The summed E-state index contributed by atoms with van der Waals surface area (Å²) < 4.78 is 5.04. The van der Waals surface area contributed by atoms with Gasteiger partial charge in [-0.15, -0.1) is 0 Å². The van der Waals surface area contributed by atoms with Crippen molar-refractivity contribution >= 4 is 16.9 Å². The Kier molecular flexibility index (Phi) is 2.32. The smallest absolute Gasteiger partial charge is 0.259 e. The minimum Gasteiger partial charge on any atom is -0.369 e. The third kappa shape index (κ3) is 1.54. The van der Waals surface area contributed by atoms with Crippen LogP contribution in [0.5, 0.6) is 0 Å². The Labute approximate surface area is 81.3 Å². The molecule has 0 amide bonds. The van der Waals surface area contributed by atoms with Crippen molar-refractivity contribution in [2.45, 2.75) is 6.92 Å². The molecule has 0 aliphatic heterocycles. The van der Waals surface area contributed by atoms with E-state index in [2.05, 4.69) is 15.5 Å². The fraction of sp³-hybridized carbons (Fsp3) is 0.333. The van der Waals surface area contributed by atoms with Crippen molar-refractivity contribution in [1.82, 2.24) is 10.1 Å². The van der Waals surface area contributed by atoms with Gasteiger partial charge in [-0.3, -0.25) is 0 Å². The molecule has 2 aromatic rings. The lowest BCUT2D eigenvalue weighted by atomic mass is 10.3. The van der Waals surface area contributed by atoms with Crippen LogP contribution in [0.3, 0.4) is 0 Å². The quantitative estimate of drug-likeness (QED) is 0.755. The number of nitrogens with one attached hydrogen (secondary N) is 1. The number of fused-ring (bicyclic) bond motifs is 1. The molecule has 2 aromatic heterocycles. The largest absolute Gasteiger partial charge is 0.369 e. The van der Waals surface area contributed by atoms with Crippen molar-refractivity contribution in [3.63, 3.8) is 0 Å². The number of aromatic nitrogens is 2. The Morgan fingerprint density at radius 3 is 3.14 bits per heavy atom. The molecule has 5 heteroatoms. The van der Waals surface area contributed by atoms with Gasteiger partial charge in [0.15, 0.2) is 0 Å². The molecular formula is C9H12N4O. The Morgan fingerprint density at radius 1 is 1.50 bits per heavy atom. The molecule has 14 heavy (non-hydrogen) atoms. The first kappa shape index (κ1) is 8.96. The zero-order chi connectivity index (χ0) is 9.97. The van der Waals surface area contributed by atoms with E-state index in [0.29, 0.717) is 18.8 Å². The van der Waals surface area contributed by atoms with E-state index in [4.69, 9.17) is 10.3 Å². The SMILES string of the molecule is Cc1noc2nc(NCCN)ccc12. The first-order chi connectivity index (χ1) is 6.81. The highest BCUT2D eigenvalue weighted by atomic mass is 16.5. The highest BCUT2D eigenvalue weighted by Crippen LogP contribution is 2.17. The number of anilines is 1. The highest BCUT2D eigenvalue weighted by molar-refractivity contribution is 5.77. The number of pyridine rings is 1. The molecule has 0 saturated carbocycles. The van der Waals surface area contributed by atoms with Crippen LogP contribution in [0, 0.1) is 6.92 Å². The molecule has 0 spiro atoms. The van der Waals surface area contributed by atoms with E-state index < -0.39 is 0 Å². The fourth-order valence-electron chi connectivity index (χ4n) is 1.24. The summed E-state index contributed by atoms with van der Waals surface area (Å²) in [4.78, 5) is 4.24. The lowest BCUT2D eigenvalue weighted by molar-refractivity contribution is 0.443. The predicted octanol–water partition coefficient (Wildman–Crippen LogP) is 0.902. The molecule has 3 N–H and O–H groups in total. The summed E-state index contributed by atoms with van der Waals surface area (Å²) in [6.45, 7) is 3.17. The van der Waals surface area contributed by atoms with Gasteiger partial charge in [-0.2, -0.15) is 4.98 Å². The molecule has 74 valence electrons. The minimum atomic E-state index is 0.560. The number of hydrogen-bond donors (Lipinski definition) is 2. The first-order valence-corrected chi connectivity index (χ1v) is 4.48. The van der Waals surface area contributed by atoms with Crippen LogP contribution in [0.1, 0.15) is 5.69 Å². The zero-order valence-electron chi connectivity index (χ0n) is 7.95. The third-order valence-corrected chi connectivity index (χ3v) is 1.97. The van der Waals surface area contributed by atoms with Crippen molar-refractivity contribution in [3.05, 3.63) is 17.8 Å². The van der Waals surface area contributed by atoms with Gasteiger partial charge in [0, 0.05) is 13.1 Å². The summed E-state index contributed by atoms with van der Waals surface area (Å²) in [7, 11) is 0. The van der Waals surface area contributed by atoms with Crippen molar-refractivity contribution in [2.75, 3.05) is 18.4 Å². The van der Waals surface area contributed by atoms with E-state index in [1.165, 1.54) is 0 Å². The van der Waals surface area contributed by atoms with Gasteiger partial charge in [0.25, 0.3) is 5.71 Å². The second-order valence-corrected chi connectivity index (χ2v) is 3.03. The van der Waals surface area contributed by atoms with Gasteiger partial charge < -0.3 is 15.6 Å². The van der Waals surface area contributed by atoms with Gasteiger partial charge >= 0.3 is 0 Å². The van der Waals surface area contributed by atoms with Crippen LogP contribution < -0.4 is 11.1 Å². The fourth-order valence-corrected chi connectivity index (χ4v) is 1.24. The summed E-state index contributed by atoms with van der Waals surface area (Å²) >= 11 is 0. The molecular weight excluding hydrogens is 180 g/mol. The summed E-state index contributed by atoms with van der Waals surface area (Å²) in [5.41, 5.74) is 6.79. The number of aryl methyl sites for hydroxylation is 1. The Bertz CT molecular complexity index is 437. The molecule has 5 nitrogen and oxygen atoms in total. The number of nitrogens with two attached hydrogens (primary N) is 1. The summed E-state index contributed by atoms with van der Waals surface area (Å²) in [5, 5.41) is 7.85. The van der Waals surface area contributed by atoms with E-state index in [0.717, 1.165) is 16.9 Å². The van der Waals surface area contributed by atoms with E-state index in [-0.39, 0.29) is 0 Å². The van der Waals surface area contributed by atoms with Gasteiger partial charge in [0.2, 0.25) is 0 Å². The maximum Gasteiger partial charge on any atom is 0.259 e. The van der Waals surface area contributed by atoms with Gasteiger partial charge in [-0.1, -0.05) is 5.16 Å². The average molecular weight is 192 g/mol. The van der Waals surface area contributed by atoms with Crippen LogP contribution in [0.2, 0.25) is 0 Å². The molecule has 0 aliphatic carbocycles. The van der Waals surface area contributed by atoms with Gasteiger partial charge in [0.1, 0.15) is 5.82 Å². The molecule has 0 atom stereocenters. The lowest BCUT2D eigenvalue weighted by Gasteiger charge is -2.01. The van der Waals surface area contributed by atoms with Crippen LogP contribution >= 0.6 is 0 Å². The van der Waals surface area contributed by atoms with E-state index in [1.54, 1.807) is 0 Å². The average Bonchev–Trinajstić information content (AvgIpc) is 2.57. The van der Waals surface area contributed by atoms with Crippen LogP contribution in [0.15, 0.2) is 16.7 Å². The standard InChI is InChI=1S/C9H12N4O/c1-6-7-2-3-8(11-5-4-10)12-9(7)14-13-6/h2-3H,4-5,10H2,1H3,(H,11,12). The maximum atomic E-state index is 5.37. The van der Waals surface area contributed by atoms with Gasteiger partial charge in [-0.25, -0.2) is 0 Å². The summed E-state index contributed by atoms with van der Waals surface area (Å²) in [6.07, 6.45) is 0. The zero-order valence-corrected chi connectivity index (χ0v) is 7.95. The van der Waals surface area contributed by atoms with Gasteiger partial charge in [0.05, 0.1) is 11.1 Å². The minimum absolute atomic E-state index is 0.560. The first-order valence-electron chi connectivity index (χ1n) is 4.48. The molecule has 0 aromatic carbocycles. The number of nitrogens with zero attached hydrogens (tertiary/aromatic N) is 2. The van der Waals surface area contributed by atoms with Crippen LogP contribution in [0.4, 0.5) is 5.82 Å². The van der Waals surface area contributed by atoms with E-state index in [9.17, 15) is 0 Å². The van der Waals surface area contributed by atoms with E-state index >= 15 is 0 Å². The van der Waals surface area contributed by atoms with Crippen LogP contribution in [-0.4, -0.2) is 23.2 Å². The van der Waals surface area contributed by atoms with Crippen molar-refractivity contribution in [2.24, 2.45) is 5.73 Å². The lowest BCUT2D eigenvalue weighted by Crippen LogP contribution is -2.13. The van der Waals surface area contributed by atoms with Crippen LogP contribution in [-0.2, 0) is 0 Å². The van der Waals surface area contributed by atoms with Crippen molar-refractivity contribution in [3.8, 4) is 0 Å². The number of hydrogen-bond acceptors (Lipinski definition) is 5.